The zero-order valence-electron chi connectivity index (χ0n) is 35.1. The molecule has 300 valence electrons. The van der Waals surface area contributed by atoms with Crippen molar-refractivity contribution in [2.75, 3.05) is 4.90 Å². The topological polar surface area (TPSA) is 8.17 Å². The number of anilines is 3. The molecule has 0 bridgehead atoms. The van der Waals surface area contributed by atoms with Crippen LogP contribution in [0.5, 0.6) is 0 Å². The Hall–Kier alpha value is -8.46. The van der Waals surface area contributed by atoms with Crippen molar-refractivity contribution >= 4 is 60.4 Å². The monoisotopic (exact) mass is 814 g/mol. The van der Waals surface area contributed by atoms with E-state index in [1.807, 2.05) is 0 Å². The van der Waals surface area contributed by atoms with E-state index in [1.165, 1.54) is 82.3 Å². The van der Waals surface area contributed by atoms with Crippen molar-refractivity contribution in [2.24, 2.45) is 0 Å². The van der Waals surface area contributed by atoms with E-state index in [9.17, 15) is 0 Å². The molecule has 12 aromatic rings. The lowest BCUT2D eigenvalue weighted by molar-refractivity contribution is 1.18. The Morgan fingerprint density at radius 3 is 1.34 bits per heavy atom. The van der Waals surface area contributed by atoms with Gasteiger partial charge >= 0.3 is 0 Å². The number of nitrogens with zero attached hydrogens (tertiary/aromatic N) is 2. The second-order valence-electron chi connectivity index (χ2n) is 16.5. The first-order chi connectivity index (χ1) is 31.8. The lowest BCUT2D eigenvalue weighted by Gasteiger charge is -2.27. The molecule has 1 heterocycles. The van der Waals surface area contributed by atoms with E-state index in [0.29, 0.717) is 0 Å². The number of hydrogen-bond acceptors (Lipinski definition) is 1. The third-order valence-corrected chi connectivity index (χ3v) is 12.8. The van der Waals surface area contributed by atoms with Crippen LogP contribution in [0.4, 0.5) is 17.1 Å². The molecule has 0 spiro atoms. The van der Waals surface area contributed by atoms with Gasteiger partial charge in [0.05, 0.1) is 16.7 Å². The van der Waals surface area contributed by atoms with Crippen LogP contribution in [0.3, 0.4) is 0 Å². The van der Waals surface area contributed by atoms with Crippen LogP contribution >= 0.6 is 0 Å². The summed E-state index contributed by atoms with van der Waals surface area (Å²) >= 11 is 0. The largest absolute Gasteiger partial charge is 0.310 e. The predicted octanol–water partition coefficient (Wildman–Crippen LogP) is 17.2. The Balaban J connectivity index is 1.00. The smallest absolute Gasteiger partial charge is 0.0541 e. The van der Waals surface area contributed by atoms with Gasteiger partial charge in [0.15, 0.2) is 0 Å². The van der Waals surface area contributed by atoms with Crippen LogP contribution in [-0.2, 0) is 0 Å². The molecule has 0 aliphatic carbocycles. The van der Waals surface area contributed by atoms with Crippen molar-refractivity contribution in [3.05, 3.63) is 255 Å². The highest BCUT2D eigenvalue weighted by atomic mass is 15.1. The summed E-state index contributed by atoms with van der Waals surface area (Å²) in [5.74, 6) is 0. The highest BCUT2D eigenvalue weighted by molar-refractivity contribution is 6.10. The number of rotatable bonds is 8. The van der Waals surface area contributed by atoms with E-state index in [-0.39, 0.29) is 0 Å². The fourth-order valence-corrected chi connectivity index (χ4v) is 9.85. The number of hydrogen-bond donors (Lipinski definition) is 0. The summed E-state index contributed by atoms with van der Waals surface area (Å²) in [6.07, 6.45) is 0. The molecule has 0 radical (unpaired) electrons. The summed E-state index contributed by atoms with van der Waals surface area (Å²) in [6, 6.07) is 92.7. The SMILES string of the molecule is c1ccc(-c2ccc(-c3cccc(N(c4ccc(-c5ccccc5-n5c6ccccc6c6ccccc65)cc4)c4cccc(-c5cccc6ccccc56)c4)c3)c3ccccc23)cc1. The summed E-state index contributed by atoms with van der Waals surface area (Å²) in [6.45, 7) is 0. The molecule has 0 atom stereocenters. The summed E-state index contributed by atoms with van der Waals surface area (Å²) < 4.78 is 2.42. The number of fused-ring (bicyclic) bond motifs is 5. The molecule has 0 aliphatic rings. The van der Waals surface area contributed by atoms with Gasteiger partial charge in [-0.15, -0.1) is 0 Å². The number of benzene rings is 11. The van der Waals surface area contributed by atoms with Gasteiger partial charge in [-0.1, -0.05) is 200 Å². The van der Waals surface area contributed by atoms with Crippen LogP contribution in [0, 0.1) is 0 Å². The average Bonchev–Trinajstić information content (AvgIpc) is 3.71. The zero-order valence-corrected chi connectivity index (χ0v) is 35.1. The molecule has 12 rings (SSSR count). The Morgan fingerprint density at radius 1 is 0.250 bits per heavy atom. The first-order valence-electron chi connectivity index (χ1n) is 22.0. The molecule has 1 aromatic heterocycles. The zero-order chi connectivity index (χ0) is 42.4. The van der Waals surface area contributed by atoms with Crippen molar-refractivity contribution in [2.45, 2.75) is 0 Å². The van der Waals surface area contributed by atoms with Crippen molar-refractivity contribution in [3.8, 4) is 50.2 Å². The summed E-state index contributed by atoms with van der Waals surface area (Å²) in [7, 11) is 0. The minimum absolute atomic E-state index is 1.08. The van der Waals surface area contributed by atoms with Gasteiger partial charge in [0.1, 0.15) is 0 Å². The second kappa shape index (κ2) is 15.8. The Kier molecular flexibility index (Phi) is 9.20. The van der Waals surface area contributed by atoms with E-state index in [2.05, 4.69) is 264 Å². The maximum absolute atomic E-state index is 2.42. The first-order valence-corrected chi connectivity index (χ1v) is 22.0. The van der Waals surface area contributed by atoms with Crippen molar-refractivity contribution in [1.29, 1.82) is 0 Å². The van der Waals surface area contributed by atoms with Gasteiger partial charge in [-0.2, -0.15) is 0 Å². The van der Waals surface area contributed by atoms with Gasteiger partial charge in [0, 0.05) is 33.4 Å². The predicted molar refractivity (Wildman–Crippen MR) is 272 cm³/mol. The van der Waals surface area contributed by atoms with Gasteiger partial charge in [-0.3, -0.25) is 0 Å². The summed E-state index contributed by atoms with van der Waals surface area (Å²) in [5.41, 5.74) is 16.4. The van der Waals surface area contributed by atoms with Crippen molar-refractivity contribution in [3.63, 3.8) is 0 Å². The van der Waals surface area contributed by atoms with E-state index >= 15 is 0 Å². The molecule has 0 saturated carbocycles. The van der Waals surface area contributed by atoms with Gasteiger partial charge in [0.2, 0.25) is 0 Å². The van der Waals surface area contributed by atoms with Crippen LogP contribution < -0.4 is 4.90 Å². The average molecular weight is 815 g/mol. The fourth-order valence-electron chi connectivity index (χ4n) is 9.85. The molecular weight excluding hydrogens is 773 g/mol. The molecule has 2 heteroatoms. The molecule has 2 nitrogen and oxygen atoms in total. The highest BCUT2D eigenvalue weighted by Crippen LogP contribution is 2.43. The molecule has 64 heavy (non-hydrogen) atoms. The molecule has 0 N–H and O–H groups in total. The molecule has 11 aromatic carbocycles. The Morgan fingerprint density at radius 2 is 0.688 bits per heavy atom. The minimum Gasteiger partial charge on any atom is -0.310 e. The van der Waals surface area contributed by atoms with Gasteiger partial charge in [-0.25, -0.2) is 0 Å². The molecule has 0 fully saturated rings. The number of aromatic nitrogens is 1. The fraction of sp³-hybridized carbons (Fsp3) is 0. The molecule has 0 unspecified atom stereocenters. The molecule has 0 saturated heterocycles. The van der Waals surface area contributed by atoms with E-state index in [0.717, 1.165) is 28.3 Å². The quantitative estimate of drug-likeness (QED) is 0.148. The lowest BCUT2D eigenvalue weighted by atomic mass is 9.92. The van der Waals surface area contributed by atoms with Crippen LogP contribution in [0.1, 0.15) is 0 Å². The third kappa shape index (κ3) is 6.44. The van der Waals surface area contributed by atoms with Crippen LogP contribution in [-0.4, -0.2) is 4.57 Å². The molecular formula is C62H42N2. The third-order valence-electron chi connectivity index (χ3n) is 12.8. The second-order valence-corrected chi connectivity index (χ2v) is 16.5. The molecule has 0 amide bonds. The van der Waals surface area contributed by atoms with E-state index in [1.54, 1.807) is 0 Å². The van der Waals surface area contributed by atoms with E-state index in [4.69, 9.17) is 0 Å². The minimum atomic E-state index is 1.08. The standard InChI is InChI=1S/C62H42N2/c1-2-17-43(18-3-1)53-39-40-54(57-28-7-6-27-56(53)57)47-22-15-24-50(42-47)63(49-23-14-21-46(41-49)52-31-16-20-44-19-4-5-25-51(44)52)48-37-35-45(36-38-48)55-26-8-11-32-60(55)64-61-33-12-9-29-58(61)59-30-10-13-34-62(59)64/h1-42H. The normalized spacial score (nSPS) is 11.4. The summed E-state index contributed by atoms with van der Waals surface area (Å²) in [5, 5.41) is 7.47. The maximum Gasteiger partial charge on any atom is 0.0541 e. The van der Waals surface area contributed by atoms with Gasteiger partial charge in [-0.05, 0) is 115 Å². The van der Waals surface area contributed by atoms with E-state index < -0.39 is 0 Å². The lowest BCUT2D eigenvalue weighted by Crippen LogP contribution is -2.10. The maximum atomic E-state index is 2.42. The van der Waals surface area contributed by atoms with Gasteiger partial charge < -0.3 is 9.47 Å². The highest BCUT2D eigenvalue weighted by Gasteiger charge is 2.19. The van der Waals surface area contributed by atoms with Crippen molar-refractivity contribution < 1.29 is 0 Å². The Labute approximate surface area is 373 Å². The van der Waals surface area contributed by atoms with Crippen LogP contribution in [0.15, 0.2) is 255 Å². The van der Waals surface area contributed by atoms with Crippen molar-refractivity contribution in [1.82, 2.24) is 4.57 Å². The van der Waals surface area contributed by atoms with Crippen LogP contribution in [0.2, 0.25) is 0 Å². The van der Waals surface area contributed by atoms with Gasteiger partial charge in [0.25, 0.3) is 0 Å². The summed E-state index contributed by atoms with van der Waals surface area (Å²) in [4.78, 5) is 2.40. The first kappa shape index (κ1) is 37.3. The van der Waals surface area contributed by atoms with Crippen LogP contribution in [0.25, 0.3) is 93.5 Å². The number of para-hydroxylation sites is 3. The Bertz CT molecular complexity index is 3610. The molecule has 0 aliphatic heterocycles.